The Balaban J connectivity index is 1.14. The van der Waals surface area contributed by atoms with E-state index in [1.54, 1.807) is 0 Å². The van der Waals surface area contributed by atoms with Crippen LogP contribution in [0.3, 0.4) is 0 Å². The SMILES string of the molecule is CC(C)C1CCC(Oc2ccc3cc(CN4CC(C5CCCCC5)C4)ccc3c2)CC1. The molecule has 0 aromatic heterocycles. The monoisotopic (exact) mass is 419 g/mol. The minimum absolute atomic E-state index is 0.398. The highest BCUT2D eigenvalue weighted by molar-refractivity contribution is 5.84. The first-order valence-corrected chi connectivity index (χ1v) is 13.1. The molecule has 0 radical (unpaired) electrons. The van der Waals surface area contributed by atoms with Crippen LogP contribution in [0.1, 0.15) is 77.2 Å². The molecule has 2 aromatic carbocycles. The average molecular weight is 420 g/mol. The molecular formula is C29H41NO. The molecule has 1 heterocycles. The molecule has 168 valence electrons. The Hall–Kier alpha value is -1.54. The number of hydrogen-bond acceptors (Lipinski definition) is 2. The van der Waals surface area contributed by atoms with Crippen molar-refractivity contribution >= 4 is 10.8 Å². The summed E-state index contributed by atoms with van der Waals surface area (Å²) in [5, 5.41) is 2.65. The van der Waals surface area contributed by atoms with E-state index in [0.29, 0.717) is 6.10 Å². The minimum atomic E-state index is 0.398. The fourth-order valence-corrected chi connectivity index (χ4v) is 6.41. The van der Waals surface area contributed by atoms with Gasteiger partial charge in [0.05, 0.1) is 6.10 Å². The van der Waals surface area contributed by atoms with Gasteiger partial charge in [-0.2, -0.15) is 0 Å². The van der Waals surface area contributed by atoms with Crippen LogP contribution in [0.4, 0.5) is 0 Å². The van der Waals surface area contributed by atoms with Gasteiger partial charge in [-0.3, -0.25) is 4.90 Å². The van der Waals surface area contributed by atoms with Gasteiger partial charge >= 0.3 is 0 Å². The zero-order valence-electron chi connectivity index (χ0n) is 19.7. The van der Waals surface area contributed by atoms with Crippen molar-refractivity contribution in [1.82, 2.24) is 4.90 Å². The van der Waals surface area contributed by atoms with Crippen molar-refractivity contribution in [2.45, 2.75) is 84.3 Å². The predicted molar refractivity (Wildman–Crippen MR) is 131 cm³/mol. The third kappa shape index (κ3) is 5.11. The van der Waals surface area contributed by atoms with Gasteiger partial charge in [0, 0.05) is 19.6 Å². The molecule has 1 saturated heterocycles. The topological polar surface area (TPSA) is 12.5 Å². The van der Waals surface area contributed by atoms with Crippen molar-refractivity contribution in [3.8, 4) is 5.75 Å². The Kier molecular flexibility index (Phi) is 6.55. The van der Waals surface area contributed by atoms with Crippen LogP contribution in [0.2, 0.25) is 0 Å². The van der Waals surface area contributed by atoms with Crippen molar-refractivity contribution < 1.29 is 4.74 Å². The lowest BCUT2D eigenvalue weighted by Crippen LogP contribution is -2.49. The van der Waals surface area contributed by atoms with Crippen LogP contribution in [0.25, 0.3) is 10.8 Å². The van der Waals surface area contributed by atoms with E-state index in [2.05, 4.69) is 55.1 Å². The Morgan fingerprint density at radius 3 is 2.26 bits per heavy atom. The number of hydrogen-bond donors (Lipinski definition) is 0. The normalized spacial score (nSPS) is 26.3. The fourth-order valence-electron chi connectivity index (χ4n) is 6.41. The van der Waals surface area contributed by atoms with Crippen LogP contribution < -0.4 is 4.74 Å². The maximum absolute atomic E-state index is 6.37. The van der Waals surface area contributed by atoms with Gasteiger partial charge in [-0.1, -0.05) is 64.2 Å². The summed E-state index contributed by atoms with van der Waals surface area (Å²) in [4.78, 5) is 2.64. The van der Waals surface area contributed by atoms with E-state index in [1.165, 1.54) is 87.2 Å². The molecule has 5 rings (SSSR count). The second kappa shape index (κ2) is 9.53. The molecule has 1 aliphatic heterocycles. The highest BCUT2D eigenvalue weighted by Gasteiger charge is 2.33. The zero-order valence-corrected chi connectivity index (χ0v) is 19.7. The second-order valence-corrected chi connectivity index (χ2v) is 11.1. The summed E-state index contributed by atoms with van der Waals surface area (Å²) < 4.78 is 6.37. The predicted octanol–water partition coefficient (Wildman–Crippen LogP) is 7.45. The average Bonchev–Trinajstić information content (AvgIpc) is 2.77. The third-order valence-corrected chi connectivity index (χ3v) is 8.55. The molecule has 3 fully saturated rings. The van der Waals surface area contributed by atoms with Crippen molar-refractivity contribution in [1.29, 1.82) is 0 Å². The molecule has 0 unspecified atom stereocenters. The van der Waals surface area contributed by atoms with Crippen molar-refractivity contribution in [2.75, 3.05) is 13.1 Å². The lowest BCUT2D eigenvalue weighted by molar-refractivity contribution is 0.0366. The minimum Gasteiger partial charge on any atom is -0.490 e. The molecule has 0 spiro atoms. The third-order valence-electron chi connectivity index (χ3n) is 8.55. The Morgan fingerprint density at radius 2 is 1.52 bits per heavy atom. The van der Waals surface area contributed by atoms with Crippen LogP contribution in [-0.4, -0.2) is 24.1 Å². The molecule has 2 saturated carbocycles. The summed E-state index contributed by atoms with van der Waals surface area (Å²) in [6.45, 7) is 8.46. The van der Waals surface area contributed by atoms with Gasteiger partial charge in [0.15, 0.2) is 0 Å². The molecule has 0 atom stereocenters. The number of benzene rings is 2. The van der Waals surface area contributed by atoms with Crippen LogP contribution in [0, 0.1) is 23.7 Å². The molecular weight excluding hydrogens is 378 g/mol. The summed E-state index contributed by atoms with van der Waals surface area (Å²) >= 11 is 0. The molecule has 3 aliphatic rings. The van der Waals surface area contributed by atoms with Gasteiger partial charge in [-0.25, -0.2) is 0 Å². The van der Waals surface area contributed by atoms with Gasteiger partial charge in [0.1, 0.15) is 5.75 Å². The summed E-state index contributed by atoms with van der Waals surface area (Å²) in [6, 6.07) is 13.7. The van der Waals surface area contributed by atoms with Crippen LogP contribution in [0.15, 0.2) is 36.4 Å². The molecule has 0 amide bonds. The van der Waals surface area contributed by atoms with E-state index >= 15 is 0 Å². The van der Waals surface area contributed by atoms with Crippen LogP contribution >= 0.6 is 0 Å². The van der Waals surface area contributed by atoms with E-state index in [9.17, 15) is 0 Å². The summed E-state index contributed by atoms with van der Waals surface area (Å²) in [5.41, 5.74) is 1.45. The lowest BCUT2D eigenvalue weighted by Gasteiger charge is -2.45. The first-order chi connectivity index (χ1) is 15.1. The van der Waals surface area contributed by atoms with Gasteiger partial charge in [-0.05, 0) is 83.9 Å². The van der Waals surface area contributed by atoms with Crippen molar-refractivity contribution in [3.63, 3.8) is 0 Å². The quantitative estimate of drug-likeness (QED) is 0.482. The summed E-state index contributed by atoms with van der Waals surface area (Å²) in [6.07, 6.45) is 12.8. The Bertz CT molecular complexity index is 854. The molecule has 31 heavy (non-hydrogen) atoms. The molecule has 2 nitrogen and oxygen atoms in total. The molecule has 0 bridgehead atoms. The fraction of sp³-hybridized carbons (Fsp3) is 0.655. The first-order valence-electron chi connectivity index (χ1n) is 13.1. The van der Waals surface area contributed by atoms with Crippen molar-refractivity contribution in [3.05, 3.63) is 42.0 Å². The maximum atomic E-state index is 6.37. The van der Waals surface area contributed by atoms with Gasteiger partial charge < -0.3 is 4.74 Å². The smallest absolute Gasteiger partial charge is 0.120 e. The molecule has 2 aliphatic carbocycles. The van der Waals surface area contributed by atoms with Gasteiger partial charge in [0.2, 0.25) is 0 Å². The number of ether oxygens (including phenoxy) is 1. The highest BCUT2D eigenvalue weighted by Crippen LogP contribution is 2.36. The zero-order chi connectivity index (χ0) is 21.2. The van der Waals surface area contributed by atoms with E-state index in [1.807, 2.05) is 0 Å². The highest BCUT2D eigenvalue weighted by atomic mass is 16.5. The summed E-state index contributed by atoms with van der Waals surface area (Å²) in [7, 11) is 0. The van der Waals surface area contributed by atoms with Gasteiger partial charge in [0.25, 0.3) is 0 Å². The summed E-state index contributed by atoms with van der Waals surface area (Å²) in [5.74, 6) is 4.73. The van der Waals surface area contributed by atoms with E-state index in [0.717, 1.165) is 36.0 Å². The number of rotatable bonds is 6. The van der Waals surface area contributed by atoms with E-state index < -0.39 is 0 Å². The second-order valence-electron chi connectivity index (χ2n) is 11.1. The maximum Gasteiger partial charge on any atom is 0.120 e. The molecule has 0 N–H and O–H groups in total. The number of fused-ring (bicyclic) bond motifs is 1. The lowest BCUT2D eigenvalue weighted by atomic mass is 9.76. The van der Waals surface area contributed by atoms with Gasteiger partial charge in [-0.15, -0.1) is 0 Å². The standard InChI is InChI=1S/C29H41NO/c1-21(2)23-10-13-28(14-11-23)31-29-15-12-25-16-22(8-9-26(25)17-29)18-30-19-27(20-30)24-6-4-3-5-7-24/h8-9,12,15-17,21,23-24,27-28H,3-7,10-11,13-14,18-20H2,1-2H3. The molecule has 2 aromatic rings. The molecule has 2 heteroatoms. The van der Waals surface area contributed by atoms with Crippen molar-refractivity contribution in [2.24, 2.45) is 23.7 Å². The number of nitrogens with zero attached hydrogens (tertiary/aromatic N) is 1. The van der Waals surface area contributed by atoms with E-state index in [4.69, 9.17) is 4.74 Å². The van der Waals surface area contributed by atoms with Crippen LogP contribution in [0.5, 0.6) is 5.75 Å². The largest absolute Gasteiger partial charge is 0.490 e. The number of likely N-dealkylation sites (tertiary alicyclic amines) is 1. The van der Waals surface area contributed by atoms with E-state index in [-0.39, 0.29) is 0 Å². The first kappa shape index (κ1) is 21.3. The Labute approximate surface area is 189 Å². The Morgan fingerprint density at radius 1 is 0.806 bits per heavy atom. The van der Waals surface area contributed by atoms with Crippen LogP contribution in [-0.2, 0) is 6.54 Å².